The quantitative estimate of drug-likeness (QED) is 0.284. The van der Waals surface area contributed by atoms with E-state index >= 15 is 0 Å². The average molecular weight is 659 g/mol. The van der Waals surface area contributed by atoms with Gasteiger partial charge in [0.25, 0.3) is 0 Å². The highest BCUT2D eigenvalue weighted by Crippen LogP contribution is 2.26. The highest BCUT2D eigenvalue weighted by molar-refractivity contribution is 9.10. The lowest BCUT2D eigenvalue weighted by molar-refractivity contribution is -0.140. The number of aryl methyl sites for hydroxylation is 1. The first-order chi connectivity index (χ1) is 20.0. The van der Waals surface area contributed by atoms with E-state index in [0.717, 1.165) is 58.3 Å². The summed E-state index contributed by atoms with van der Waals surface area (Å²) in [6.45, 7) is 1.08. The number of carbonyl (C=O) groups excluding carboxylic acids is 2. The fourth-order valence-corrected chi connectivity index (χ4v) is 6.39. The third-order valence-corrected chi connectivity index (χ3v) is 9.66. The van der Waals surface area contributed by atoms with Gasteiger partial charge in [-0.2, -0.15) is 0 Å². The Bertz CT molecular complexity index is 1500. The molecule has 3 aromatic rings. The summed E-state index contributed by atoms with van der Waals surface area (Å²) in [6, 6.07) is 19.5. The predicted molar refractivity (Wildman–Crippen MR) is 167 cm³/mol. The summed E-state index contributed by atoms with van der Waals surface area (Å²) in [4.78, 5) is 29.4. The van der Waals surface area contributed by atoms with E-state index in [-0.39, 0.29) is 30.5 Å². The van der Waals surface area contributed by atoms with Crippen molar-refractivity contribution in [2.45, 2.75) is 64.1 Å². The Labute approximate surface area is 256 Å². The minimum Gasteiger partial charge on any atom is -0.352 e. The molecule has 1 aliphatic rings. The first kappa shape index (κ1) is 31.7. The van der Waals surface area contributed by atoms with Gasteiger partial charge < -0.3 is 10.2 Å². The van der Waals surface area contributed by atoms with Crippen molar-refractivity contribution in [2.75, 3.05) is 17.1 Å². The van der Waals surface area contributed by atoms with E-state index in [1.165, 1.54) is 11.0 Å². The zero-order valence-corrected chi connectivity index (χ0v) is 26.3. The smallest absolute Gasteiger partial charge is 0.244 e. The van der Waals surface area contributed by atoms with E-state index in [4.69, 9.17) is 0 Å². The van der Waals surface area contributed by atoms with Crippen molar-refractivity contribution in [3.8, 4) is 0 Å². The van der Waals surface area contributed by atoms with Crippen LogP contribution in [0.1, 0.15) is 48.8 Å². The molecule has 0 saturated heterocycles. The van der Waals surface area contributed by atoms with Crippen LogP contribution in [0.15, 0.2) is 77.3 Å². The molecule has 1 atom stereocenters. The van der Waals surface area contributed by atoms with Gasteiger partial charge in [-0.3, -0.25) is 13.9 Å². The van der Waals surface area contributed by atoms with Crippen LogP contribution in [0.25, 0.3) is 0 Å². The topological polar surface area (TPSA) is 86.8 Å². The molecule has 3 aromatic carbocycles. The first-order valence-corrected chi connectivity index (χ1v) is 16.8. The van der Waals surface area contributed by atoms with Gasteiger partial charge in [-0.1, -0.05) is 83.7 Å². The van der Waals surface area contributed by atoms with Crippen molar-refractivity contribution in [1.29, 1.82) is 0 Å². The fraction of sp³-hybridized carbons (Fsp3) is 0.375. The summed E-state index contributed by atoms with van der Waals surface area (Å²) in [5, 5.41) is 3.14. The summed E-state index contributed by atoms with van der Waals surface area (Å²) in [5.74, 6) is -1.45. The van der Waals surface area contributed by atoms with Crippen molar-refractivity contribution >= 4 is 43.5 Å². The molecule has 224 valence electrons. The Hall–Kier alpha value is -3.24. The maximum atomic E-state index is 14.9. The summed E-state index contributed by atoms with van der Waals surface area (Å²) in [5.41, 5.74) is 2.19. The van der Waals surface area contributed by atoms with E-state index in [1.807, 2.05) is 37.3 Å². The molecule has 2 amide bonds. The first-order valence-electron chi connectivity index (χ1n) is 14.1. The Balaban J connectivity index is 1.74. The molecule has 0 aliphatic heterocycles. The van der Waals surface area contributed by atoms with E-state index in [9.17, 15) is 22.4 Å². The molecule has 1 aliphatic carbocycles. The summed E-state index contributed by atoms with van der Waals surface area (Å²) in [6.07, 6.45) is 6.09. The monoisotopic (exact) mass is 657 g/mol. The Morgan fingerprint density at radius 3 is 2.31 bits per heavy atom. The molecule has 1 fully saturated rings. The fourth-order valence-electron chi connectivity index (χ4n) is 5.31. The molecule has 7 nitrogen and oxygen atoms in total. The van der Waals surface area contributed by atoms with Crippen LogP contribution in [0.4, 0.5) is 10.1 Å². The van der Waals surface area contributed by atoms with Crippen LogP contribution >= 0.6 is 15.9 Å². The number of hydrogen-bond donors (Lipinski definition) is 1. The van der Waals surface area contributed by atoms with E-state index in [1.54, 1.807) is 36.4 Å². The van der Waals surface area contributed by atoms with Gasteiger partial charge in [0.05, 0.1) is 11.9 Å². The number of nitrogens with zero attached hydrogens (tertiary/aromatic N) is 2. The molecule has 0 bridgehead atoms. The molecule has 42 heavy (non-hydrogen) atoms. The Morgan fingerprint density at radius 2 is 1.67 bits per heavy atom. The molecule has 0 aromatic heterocycles. The number of rotatable bonds is 11. The average Bonchev–Trinajstić information content (AvgIpc) is 2.96. The van der Waals surface area contributed by atoms with Crippen molar-refractivity contribution < 1.29 is 22.4 Å². The van der Waals surface area contributed by atoms with E-state index in [0.29, 0.717) is 5.69 Å². The van der Waals surface area contributed by atoms with Crippen LogP contribution in [-0.4, -0.2) is 50.0 Å². The van der Waals surface area contributed by atoms with Crippen LogP contribution in [-0.2, 0) is 32.6 Å². The largest absolute Gasteiger partial charge is 0.352 e. The highest BCUT2D eigenvalue weighted by atomic mass is 79.9. The van der Waals surface area contributed by atoms with Gasteiger partial charge in [-0.15, -0.1) is 0 Å². The Morgan fingerprint density at radius 1 is 1.00 bits per heavy atom. The van der Waals surface area contributed by atoms with Crippen LogP contribution in [0.2, 0.25) is 0 Å². The minimum atomic E-state index is -3.89. The number of anilines is 1. The lowest BCUT2D eigenvalue weighted by Crippen LogP contribution is -2.55. The van der Waals surface area contributed by atoms with Crippen LogP contribution < -0.4 is 9.62 Å². The number of nitrogens with one attached hydrogen (secondary N) is 1. The second-order valence-corrected chi connectivity index (χ2v) is 13.6. The molecule has 0 heterocycles. The molecule has 1 saturated carbocycles. The number of carbonyl (C=O) groups is 2. The Kier molecular flexibility index (Phi) is 10.8. The third kappa shape index (κ3) is 8.41. The van der Waals surface area contributed by atoms with Crippen LogP contribution in [0.3, 0.4) is 0 Å². The minimum absolute atomic E-state index is 0.00630. The maximum Gasteiger partial charge on any atom is 0.244 e. The van der Waals surface area contributed by atoms with Gasteiger partial charge in [-0.05, 0) is 55.2 Å². The second kappa shape index (κ2) is 14.3. The number of hydrogen-bond acceptors (Lipinski definition) is 4. The van der Waals surface area contributed by atoms with Crippen LogP contribution in [0.5, 0.6) is 0 Å². The van der Waals surface area contributed by atoms with Crippen molar-refractivity contribution in [3.05, 3.63) is 99.8 Å². The molecule has 10 heteroatoms. The number of amides is 2. The van der Waals surface area contributed by atoms with Crippen LogP contribution in [0, 0.1) is 12.7 Å². The second-order valence-electron chi connectivity index (χ2n) is 10.9. The van der Waals surface area contributed by atoms with Gasteiger partial charge in [0.1, 0.15) is 18.4 Å². The van der Waals surface area contributed by atoms with Crippen molar-refractivity contribution in [3.63, 3.8) is 0 Å². The summed E-state index contributed by atoms with van der Waals surface area (Å²) < 4.78 is 42.7. The summed E-state index contributed by atoms with van der Waals surface area (Å²) in [7, 11) is -3.89. The zero-order valence-electron chi connectivity index (χ0n) is 23.9. The predicted octanol–water partition coefficient (Wildman–Crippen LogP) is 5.75. The number of sulfonamides is 1. The van der Waals surface area contributed by atoms with Gasteiger partial charge in [0, 0.05) is 29.0 Å². The zero-order chi connectivity index (χ0) is 30.3. The standard InChI is InChI=1S/C32H37BrFN3O4S/c1-23-19-27(17-18-28(23)33)37(42(2,40)41)22-31(38)36(21-25-13-9-10-16-29(25)34)30(20-24-11-5-3-6-12-24)32(39)35-26-14-7-4-8-15-26/h3,5-6,9-13,16-19,26,30H,4,7-8,14-15,20-22H2,1-2H3,(H,35,39)/t30-/m1/s1. The molecule has 0 radical (unpaired) electrons. The summed E-state index contributed by atoms with van der Waals surface area (Å²) >= 11 is 3.43. The van der Waals surface area contributed by atoms with Gasteiger partial charge >= 0.3 is 0 Å². The normalized spacial score (nSPS) is 14.7. The number of benzene rings is 3. The molecular formula is C32H37BrFN3O4S. The molecule has 4 rings (SSSR count). The SMILES string of the molecule is Cc1cc(N(CC(=O)N(Cc2ccccc2F)[C@H](Cc2ccccc2)C(=O)NC2CCCCC2)S(C)(=O)=O)ccc1Br. The van der Waals surface area contributed by atoms with Gasteiger partial charge in [-0.25, -0.2) is 12.8 Å². The molecule has 0 spiro atoms. The highest BCUT2D eigenvalue weighted by Gasteiger charge is 2.34. The van der Waals surface area contributed by atoms with E-state index in [2.05, 4.69) is 21.2 Å². The van der Waals surface area contributed by atoms with Gasteiger partial charge in [0.15, 0.2) is 0 Å². The maximum absolute atomic E-state index is 14.9. The van der Waals surface area contributed by atoms with Crippen molar-refractivity contribution in [2.24, 2.45) is 0 Å². The lowest BCUT2D eigenvalue weighted by atomic mass is 9.94. The van der Waals surface area contributed by atoms with Gasteiger partial charge in [0.2, 0.25) is 21.8 Å². The number of halogens is 2. The molecular weight excluding hydrogens is 621 g/mol. The van der Waals surface area contributed by atoms with Crippen molar-refractivity contribution in [1.82, 2.24) is 10.2 Å². The third-order valence-electron chi connectivity index (χ3n) is 7.63. The molecule has 1 N–H and O–H groups in total. The molecule has 0 unspecified atom stereocenters. The lowest BCUT2D eigenvalue weighted by Gasteiger charge is -2.35. The van der Waals surface area contributed by atoms with E-state index < -0.39 is 34.3 Å².